The molecule has 1 aliphatic heterocycles. The molecule has 0 bridgehead atoms. The van der Waals surface area contributed by atoms with E-state index in [2.05, 4.69) is 34.5 Å². The van der Waals surface area contributed by atoms with Crippen LogP contribution in [0.15, 0.2) is 65.1 Å². The zero-order chi connectivity index (χ0) is 17.8. The van der Waals surface area contributed by atoms with E-state index in [4.69, 9.17) is 4.42 Å². The van der Waals surface area contributed by atoms with Gasteiger partial charge in [-0.2, -0.15) is 0 Å². The lowest BCUT2D eigenvalue weighted by atomic mass is 10.0. The number of nitrogens with one attached hydrogen (secondary N) is 1. The fourth-order valence-electron chi connectivity index (χ4n) is 3.66. The zero-order valence-electron chi connectivity index (χ0n) is 14.9. The summed E-state index contributed by atoms with van der Waals surface area (Å²) in [6, 6.07) is 20.3. The second-order valence-corrected chi connectivity index (χ2v) is 7.00. The Morgan fingerprint density at radius 1 is 1.12 bits per heavy atom. The maximum Gasteiger partial charge on any atom is 0.287 e. The lowest BCUT2D eigenvalue weighted by molar-refractivity contribution is 0.0878. The number of amides is 1. The number of rotatable bonds is 5. The van der Waals surface area contributed by atoms with E-state index in [0.29, 0.717) is 5.76 Å². The smallest absolute Gasteiger partial charge is 0.287 e. The van der Waals surface area contributed by atoms with Crippen LogP contribution in [0.1, 0.15) is 29.0 Å². The molecule has 1 amide bonds. The third kappa shape index (κ3) is 3.97. The largest absolute Gasteiger partial charge is 0.451 e. The van der Waals surface area contributed by atoms with Crippen molar-refractivity contribution in [2.24, 2.45) is 0 Å². The highest BCUT2D eigenvalue weighted by molar-refractivity contribution is 5.96. The number of carbonyl (C=O) groups excluding carboxylic acids is 1. The van der Waals surface area contributed by atoms with E-state index in [1.54, 1.807) is 0 Å². The number of hydrogen-bond donors (Lipinski definition) is 1. The molecule has 4 rings (SSSR count). The first-order chi connectivity index (χ1) is 12.8. The minimum Gasteiger partial charge on any atom is -0.451 e. The van der Waals surface area contributed by atoms with Gasteiger partial charge >= 0.3 is 0 Å². The van der Waals surface area contributed by atoms with Gasteiger partial charge in [-0.3, -0.25) is 4.79 Å². The van der Waals surface area contributed by atoms with Gasteiger partial charge in [0.1, 0.15) is 5.58 Å². The number of para-hydroxylation sites is 1. The molecule has 1 N–H and O–H groups in total. The van der Waals surface area contributed by atoms with E-state index in [0.717, 1.165) is 49.9 Å². The molecule has 1 fully saturated rings. The summed E-state index contributed by atoms with van der Waals surface area (Å²) >= 11 is 0. The van der Waals surface area contributed by atoms with Crippen LogP contribution in [0.25, 0.3) is 11.0 Å². The molecule has 0 spiro atoms. The Morgan fingerprint density at radius 3 is 2.77 bits per heavy atom. The van der Waals surface area contributed by atoms with Gasteiger partial charge in [0.05, 0.1) is 0 Å². The van der Waals surface area contributed by atoms with Gasteiger partial charge in [0.2, 0.25) is 0 Å². The molecule has 2 heterocycles. The van der Waals surface area contributed by atoms with Crippen LogP contribution in [0.4, 0.5) is 0 Å². The van der Waals surface area contributed by atoms with Gasteiger partial charge in [-0.25, -0.2) is 0 Å². The molecule has 134 valence electrons. The van der Waals surface area contributed by atoms with Crippen molar-refractivity contribution in [2.45, 2.75) is 25.3 Å². The minimum absolute atomic E-state index is 0.115. The number of furan rings is 1. The molecule has 0 radical (unpaired) electrons. The number of hydrogen-bond acceptors (Lipinski definition) is 3. The standard InChI is InChI=1S/C22H24N2O2/c25-22(21-15-18-9-4-5-11-20(18)26-21)23-19-10-6-13-24(16-19)14-12-17-7-2-1-3-8-17/h1-5,7-9,11,15,19H,6,10,12-14,16H2,(H,23,25). The topological polar surface area (TPSA) is 45.5 Å². The summed E-state index contributed by atoms with van der Waals surface area (Å²) in [4.78, 5) is 15.0. The Bertz CT molecular complexity index is 839. The maximum atomic E-state index is 12.5. The lowest BCUT2D eigenvalue weighted by Crippen LogP contribution is -2.48. The van der Waals surface area contributed by atoms with E-state index < -0.39 is 0 Å². The number of piperidine rings is 1. The SMILES string of the molecule is O=C(NC1CCCN(CCc2ccccc2)C1)c1cc2ccccc2o1. The van der Waals surface area contributed by atoms with Gasteiger partial charge in [-0.1, -0.05) is 48.5 Å². The average molecular weight is 348 g/mol. The van der Waals surface area contributed by atoms with Crippen molar-refractivity contribution in [1.29, 1.82) is 0 Å². The van der Waals surface area contributed by atoms with Crippen molar-refractivity contribution >= 4 is 16.9 Å². The quantitative estimate of drug-likeness (QED) is 0.761. The van der Waals surface area contributed by atoms with Crippen molar-refractivity contribution in [3.63, 3.8) is 0 Å². The van der Waals surface area contributed by atoms with Crippen molar-refractivity contribution in [1.82, 2.24) is 10.2 Å². The Kier molecular flexibility index (Phi) is 5.02. The number of benzene rings is 2. The lowest BCUT2D eigenvalue weighted by Gasteiger charge is -2.33. The van der Waals surface area contributed by atoms with E-state index in [-0.39, 0.29) is 11.9 Å². The first-order valence-electron chi connectivity index (χ1n) is 9.34. The Hall–Kier alpha value is -2.59. The fraction of sp³-hybridized carbons (Fsp3) is 0.318. The molecule has 1 aliphatic rings. The molecular weight excluding hydrogens is 324 g/mol. The zero-order valence-corrected chi connectivity index (χ0v) is 14.9. The summed E-state index contributed by atoms with van der Waals surface area (Å²) in [6.07, 6.45) is 3.18. The molecular formula is C22H24N2O2. The highest BCUT2D eigenvalue weighted by Gasteiger charge is 2.23. The summed E-state index contributed by atoms with van der Waals surface area (Å²) in [5.74, 6) is 0.281. The summed E-state index contributed by atoms with van der Waals surface area (Å²) in [5.41, 5.74) is 2.12. The third-order valence-corrected chi connectivity index (χ3v) is 5.05. The maximum absolute atomic E-state index is 12.5. The van der Waals surface area contributed by atoms with Crippen LogP contribution in [0, 0.1) is 0 Å². The van der Waals surface area contributed by atoms with E-state index >= 15 is 0 Å². The fourth-order valence-corrected chi connectivity index (χ4v) is 3.66. The summed E-state index contributed by atoms with van der Waals surface area (Å²) in [7, 11) is 0. The summed E-state index contributed by atoms with van der Waals surface area (Å²) in [5, 5.41) is 4.11. The van der Waals surface area contributed by atoms with Gasteiger partial charge in [0, 0.05) is 24.5 Å². The van der Waals surface area contributed by atoms with Gasteiger partial charge in [-0.15, -0.1) is 0 Å². The number of nitrogens with zero attached hydrogens (tertiary/aromatic N) is 1. The number of likely N-dealkylation sites (tertiary alicyclic amines) is 1. The molecule has 26 heavy (non-hydrogen) atoms. The molecule has 1 saturated heterocycles. The normalized spacial score (nSPS) is 18.1. The first kappa shape index (κ1) is 16.9. The first-order valence-corrected chi connectivity index (χ1v) is 9.34. The predicted octanol–water partition coefficient (Wildman–Crippen LogP) is 3.87. The minimum atomic E-state index is -0.115. The van der Waals surface area contributed by atoms with Crippen molar-refractivity contribution in [3.8, 4) is 0 Å². The Morgan fingerprint density at radius 2 is 1.92 bits per heavy atom. The van der Waals surface area contributed by atoms with Crippen LogP contribution >= 0.6 is 0 Å². The highest BCUT2D eigenvalue weighted by atomic mass is 16.3. The summed E-state index contributed by atoms with van der Waals surface area (Å²) < 4.78 is 5.68. The van der Waals surface area contributed by atoms with Crippen LogP contribution in [0.2, 0.25) is 0 Å². The molecule has 1 atom stereocenters. The molecule has 0 saturated carbocycles. The molecule has 4 nitrogen and oxygen atoms in total. The molecule has 1 aromatic heterocycles. The van der Waals surface area contributed by atoms with E-state index in [1.165, 1.54) is 5.56 Å². The second kappa shape index (κ2) is 7.75. The molecule has 3 aromatic rings. The number of carbonyl (C=O) groups is 1. The van der Waals surface area contributed by atoms with Crippen molar-refractivity contribution in [3.05, 3.63) is 72.0 Å². The van der Waals surface area contributed by atoms with Gasteiger partial charge in [0.25, 0.3) is 5.91 Å². The monoisotopic (exact) mass is 348 g/mol. The van der Waals surface area contributed by atoms with Crippen molar-refractivity contribution < 1.29 is 9.21 Å². The second-order valence-electron chi connectivity index (χ2n) is 7.00. The third-order valence-electron chi connectivity index (χ3n) is 5.05. The van der Waals surface area contributed by atoms with E-state index in [1.807, 2.05) is 36.4 Å². The predicted molar refractivity (Wildman–Crippen MR) is 103 cm³/mol. The van der Waals surface area contributed by atoms with Crippen LogP contribution < -0.4 is 5.32 Å². The Balaban J connectivity index is 1.33. The highest BCUT2D eigenvalue weighted by Crippen LogP contribution is 2.19. The van der Waals surface area contributed by atoms with Gasteiger partial charge in [0.15, 0.2) is 5.76 Å². The number of fused-ring (bicyclic) bond motifs is 1. The molecule has 2 aromatic carbocycles. The Labute approximate surface area is 153 Å². The summed E-state index contributed by atoms with van der Waals surface area (Å²) in [6.45, 7) is 3.03. The van der Waals surface area contributed by atoms with Crippen LogP contribution in [0.5, 0.6) is 0 Å². The van der Waals surface area contributed by atoms with E-state index in [9.17, 15) is 4.79 Å². The molecule has 1 unspecified atom stereocenters. The van der Waals surface area contributed by atoms with Crippen molar-refractivity contribution in [2.75, 3.05) is 19.6 Å². The molecule has 4 heteroatoms. The van der Waals surface area contributed by atoms with Gasteiger partial charge < -0.3 is 14.6 Å². The van der Waals surface area contributed by atoms with Crippen LogP contribution in [0.3, 0.4) is 0 Å². The average Bonchev–Trinajstić information content (AvgIpc) is 3.12. The van der Waals surface area contributed by atoms with Crippen LogP contribution in [-0.2, 0) is 6.42 Å². The molecule has 0 aliphatic carbocycles. The van der Waals surface area contributed by atoms with Crippen LogP contribution in [-0.4, -0.2) is 36.5 Å². The van der Waals surface area contributed by atoms with Gasteiger partial charge in [-0.05, 0) is 43.5 Å².